The van der Waals surface area contributed by atoms with E-state index in [-0.39, 0.29) is 18.1 Å². The quantitative estimate of drug-likeness (QED) is 0.899. The lowest BCUT2D eigenvalue weighted by atomic mass is 9.96. The van der Waals surface area contributed by atoms with Gasteiger partial charge in [-0.1, -0.05) is 18.9 Å². The van der Waals surface area contributed by atoms with Crippen LogP contribution in [0.25, 0.3) is 0 Å². The number of amides is 1. The molecule has 1 aromatic rings. The van der Waals surface area contributed by atoms with Gasteiger partial charge in [0.2, 0.25) is 5.91 Å². The zero-order chi connectivity index (χ0) is 13.8. The molecular formula is C16H23NO2S. The van der Waals surface area contributed by atoms with Crippen molar-refractivity contribution in [2.24, 2.45) is 5.92 Å². The molecule has 20 heavy (non-hydrogen) atoms. The summed E-state index contributed by atoms with van der Waals surface area (Å²) in [6.07, 6.45) is 7.86. The summed E-state index contributed by atoms with van der Waals surface area (Å²) in [5.74, 6) is 0.768. The predicted molar refractivity (Wildman–Crippen MR) is 80.8 cm³/mol. The van der Waals surface area contributed by atoms with Crippen molar-refractivity contribution in [3.05, 3.63) is 22.4 Å². The number of carbonyl (C=O) groups is 1. The van der Waals surface area contributed by atoms with Crippen molar-refractivity contribution < 1.29 is 9.53 Å². The normalized spacial score (nSPS) is 24.9. The van der Waals surface area contributed by atoms with Crippen LogP contribution >= 0.6 is 11.3 Å². The van der Waals surface area contributed by atoms with Crippen LogP contribution in [0.3, 0.4) is 0 Å². The highest BCUT2D eigenvalue weighted by atomic mass is 32.1. The van der Waals surface area contributed by atoms with E-state index in [9.17, 15) is 4.79 Å². The molecular weight excluding hydrogens is 270 g/mol. The van der Waals surface area contributed by atoms with Crippen LogP contribution in [-0.2, 0) is 9.53 Å². The average Bonchev–Trinajstić information content (AvgIpc) is 3.18. The van der Waals surface area contributed by atoms with Gasteiger partial charge in [-0.25, -0.2) is 0 Å². The fourth-order valence-corrected chi connectivity index (χ4v) is 4.29. The summed E-state index contributed by atoms with van der Waals surface area (Å²) in [5.41, 5.74) is 0. The fraction of sp³-hybridized carbons (Fsp3) is 0.688. The van der Waals surface area contributed by atoms with E-state index >= 15 is 0 Å². The maximum absolute atomic E-state index is 12.3. The molecule has 1 aromatic heterocycles. The molecule has 1 amide bonds. The van der Waals surface area contributed by atoms with E-state index in [2.05, 4.69) is 22.8 Å². The molecule has 0 unspecified atom stereocenters. The van der Waals surface area contributed by atoms with E-state index in [1.807, 2.05) is 0 Å². The summed E-state index contributed by atoms with van der Waals surface area (Å²) in [7, 11) is 0. The van der Waals surface area contributed by atoms with Gasteiger partial charge in [0.25, 0.3) is 0 Å². The maximum atomic E-state index is 12.3. The largest absolute Gasteiger partial charge is 0.378 e. The van der Waals surface area contributed by atoms with Crippen LogP contribution < -0.4 is 5.32 Å². The monoisotopic (exact) mass is 293 g/mol. The van der Waals surface area contributed by atoms with Crippen molar-refractivity contribution in [2.45, 2.75) is 57.1 Å². The summed E-state index contributed by atoms with van der Waals surface area (Å²) in [6.45, 7) is 0.814. The minimum atomic E-state index is 0.141. The van der Waals surface area contributed by atoms with Crippen molar-refractivity contribution in [1.82, 2.24) is 5.32 Å². The average molecular weight is 293 g/mol. The van der Waals surface area contributed by atoms with Crippen molar-refractivity contribution >= 4 is 17.2 Å². The molecule has 3 nitrogen and oxygen atoms in total. The Hall–Kier alpha value is -0.870. The third-order valence-corrected chi connectivity index (χ3v) is 5.43. The minimum absolute atomic E-state index is 0.141. The topological polar surface area (TPSA) is 38.3 Å². The Morgan fingerprint density at radius 2 is 2.20 bits per heavy atom. The van der Waals surface area contributed by atoms with E-state index in [0.717, 1.165) is 19.4 Å². The zero-order valence-corrected chi connectivity index (χ0v) is 12.7. The first-order chi connectivity index (χ1) is 9.83. The van der Waals surface area contributed by atoms with Crippen LogP contribution in [0.1, 0.15) is 55.9 Å². The van der Waals surface area contributed by atoms with Gasteiger partial charge in [-0.15, -0.1) is 11.3 Å². The number of hydrogen-bond donors (Lipinski definition) is 1. The Labute approximate surface area is 124 Å². The minimum Gasteiger partial charge on any atom is -0.378 e. The highest BCUT2D eigenvalue weighted by molar-refractivity contribution is 7.10. The summed E-state index contributed by atoms with van der Waals surface area (Å²) >= 11 is 1.76. The van der Waals surface area contributed by atoms with Gasteiger partial charge in [0.05, 0.1) is 18.6 Å². The molecule has 110 valence electrons. The van der Waals surface area contributed by atoms with Crippen LogP contribution in [0.2, 0.25) is 0 Å². The second-order valence-electron chi connectivity index (χ2n) is 5.94. The Morgan fingerprint density at radius 1 is 1.35 bits per heavy atom. The van der Waals surface area contributed by atoms with Crippen LogP contribution in [0.5, 0.6) is 0 Å². The number of carbonyl (C=O) groups excluding carboxylic acids is 1. The van der Waals surface area contributed by atoms with Crippen molar-refractivity contribution in [3.63, 3.8) is 0 Å². The van der Waals surface area contributed by atoms with Gasteiger partial charge >= 0.3 is 0 Å². The Balaban J connectivity index is 1.61. The molecule has 1 saturated heterocycles. The smallest absolute Gasteiger partial charge is 0.223 e. The van der Waals surface area contributed by atoms with Gasteiger partial charge in [-0.05, 0) is 43.0 Å². The second-order valence-corrected chi connectivity index (χ2v) is 6.92. The van der Waals surface area contributed by atoms with Crippen LogP contribution in [0.4, 0.5) is 0 Å². The first-order valence-corrected chi connectivity index (χ1v) is 8.65. The number of ether oxygens (including phenoxy) is 1. The number of hydrogen-bond acceptors (Lipinski definition) is 3. The molecule has 0 spiro atoms. The summed E-state index contributed by atoms with van der Waals surface area (Å²) in [5, 5.41) is 5.38. The predicted octanol–water partition coefficient (Wildman–Crippen LogP) is 3.66. The molecule has 0 radical (unpaired) electrons. The lowest BCUT2D eigenvalue weighted by Crippen LogP contribution is -2.34. The van der Waals surface area contributed by atoms with Gasteiger partial charge in [0, 0.05) is 11.5 Å². The van der Waals surface area contributed by atoms with Gasteiger partial charge in [-0.2, -0.15) is 0 Å². The van der Waals surface area contributed by atoms with Gasteiger partial charge in [-0.3, -0.25) is 4.79 Å². The molecule has 4 heteroatoms. The first kappa shape index (κ1) is 14.1. The molecule has 0 aromatic carbocycles. The van der Waals surface area contributed by atoms with Crippen molar-refractivity contribution in [1.29, 1.82) is 0 Å². The fourth-order valence-electron chi connectivity index (χ4n) is 3.42. The first-order valence-electron chi connectivity index (χ1n) is 7.77. The lowest BCUT2D eigenvalue weighted by Gasteiger charge is -2.24. The van der Waals surface area contributed by atoms with E-state index in [1.54, 1.807) is 11.3 Å². The Morgan fingerprint density at radius 3 is 2.85 bits per heavy atom. The van der Waals surface area contributed by atoms with Crippen molar-refractivity contribution in [3.8, 4) is 0 Å². The lowest BCUT2D eigenvalue weighted by molar-refractivity contribution is -0.124. The number of thiophene rings is 1. The number of rotatable bonds is 5. The van der Waals surface area contributed by atoms with Crippen LogP contribution in [0.15, 0.2) is 17.5 Å². The second kappa shape index (κ2) is 6.72. The molecule has 3 rings (SSSR count). The maximum Gasteiger partial charge on any atom is 0.223 e. The van der Waals surface area contributed by atoms with E-state index < -0.39 is 0 Å². The van der Waals surface area contributed by atoms with Gasteiger partial charge < -0.3 is 10.1 Å². The highest BCUT2D eigenvalue weighted by Crippen LogP contribution is 2.37. The molecule has 1 N–H and O–H groups in total. The summed E-state index contributed by atoms with van der Waals surface area (Å²) in [4.78, 5) is 13.6. The van der Waals surface area contributed by atoms with Crippen molar-refractivity contribution in [2.75, 3.05) is 6.61 Å². The van der Waals surface area contributed by atoms with Crippen LogP contribution in [-0.4, -0.2) is 18.6 Å². The zero-order valence-electron chi connectivity index (χ0n) is 11.8. The summed E-state index contributed by atoms with van der Waals surface area (Å²) in [6, 6.07) is 4.44. The van der Waals surface area contributed by atoms with E-state index in [0.29, 0.717) is 12.3 Å². The Kier molecular flexibility index (Phi) is 4.73. The molecule has 2 atom stereocenters. The third-order valence-electron chi connectivity index (χ3n) is 4.47. The highest BCUT2D eigenvalue weighted by Gasteiger charge is 2.29. The van der Waals surface area contributed by atoms with E-state index in [4.69, 9.17) is 4.74 Å². The molecule has 1 aliphatic carbocycles. The molecule has 1 saturated carbocycles. The Bertz CT molecular complexity index is 420. The summed E-state index contributed by atoms with van der Waals surface area (Å²) < 4.78 is 5.56. The molecule has 0 bridgehead atoms. The van der Waals surface area contributed by atoms with Gasteiger partial charge in [0.15, 0.2) is 0 Å². The molecule has 2 fully saturated rings. The molecule has 1 aliphatic heterocycles. The van der Waals surface area contributed by atoms with Gasteiger partial charge in [0.1, 0.15) is 0 Å². The third kappa shape index (κ3) is 3.41. The molecule has 2 aliphatic rings. The standard InChI is InChI=1S/C16H23NO2S/c18-15(11-13-7-3-9-19-13)17-16(12-5-1-2-6-12)14-8-4-10-20-14/h4,8,10,12-13,16H,1-3,5-7,9,11H2,(H,17,18)/t13-,16+/m1/s1. The SMILES string of the molecule is O=C(C[C@H]1CCCO1)N[C@H](c1cccs1)C1CCCC1. The van der Waals surface area contributed by atoms with E-state index in [1.165, 1.54) is 30.6 Å². The number of nitrogens with one attached hydrogen (secondary N) is 1. The van der Waals surface area contributed by atoms with Crippen LogP contribution in [0, 0.1) is 5.92 Å². The molecule has 2 heterocycles.